The molecule has 0 saturated heterocycles. The number of nitrogens with zero attached hydrogens (tertiary/aromatic N) is 1. The van der Waals surface area contributed by atoms with Crippen molar-refractivity contribution in [3.8, 4) is 5.75 Å². The van der Waals surface area contributed by atoms with E-state index in [0.29, 0.717) is 18.7 Å². The number of methoxy groups -OCH3 is 1. The molecule has 0 radical (unpaired) electrons. The summed E-state index contributed by atoms with van der Waals surface area (Å²) in [7, 11) is 2.89. The van der Waals surface area contributed by atoms with Gasteiger partial charge >= 0.3 is 12.0 Å². The minimum atomic E-state index is -0.906. The standard InChI is InChI=1S/C13H17FN2O4/c1-16(7-3-4-12(17)18)13(19)15-9-5-6-11(20-2)10(14)8-9/h5-6,8H,3-4,7H2,1-2H3,(H,15,19)(H,17,18). The first-order valence-electron chi connectivity index (χ1n) is 6.01. The number of carbonyl (C=O) groups is 2. The molecule has 0 spiro atoms. The van der Waals surface area contributed by atoms with Gasteiger partial charge in [0, 0.05) is 31.8 Å². The van der Waals surface area contributed by atoms with Crippen LogP contribution in [0.15, 0.2) is 18.2 Å². The Labute approximate surface area is 116 Å². The highest BCUT2D eigenvalue weighted by Crippen LogP contribution is 2.20. The predicted octanol–water partition coefficient (Wildman–Crippen LogP) is 2.16. The summed E-state index contributed by atoms with van der Waals surface area (Å²) in [5.41, 5.74) is 0.304. The van der Waals surface area contributed by atoms with Crippen molar-refractivity contribution < 1.29 is 23.8 Å². The van der Waals surface area contributed by atoms with E-state index in [1.165, 1.54) is 31.2 Å². The molecule has 1 aromatic rings. The molecule has 110 valence electrons. The van der Waals surface area contributed by atoms with Crippen molar-refractivity contribution in [3.63, 3.8) is 0 Å². The van der Waals surface area contributed by atoms with Crippen LogP contribution < -0.4 is 10.1 Å². The lowest BCUT2D eigenvalue weighted by Crippen LogP contribution is -2.32. The Morgan fingerprint density at radius 3 is 2.70 bits per heavy atom. The maximum atomic E-state index is 13.4. The van der Waals surface area contributed by atoms with Crippen molar-refractivity contribution in [2.75, 3.05) is 26.0 Å². The first kappa shape index (κ1) is 15.7. The third-order valence-electron chi connectivity index (χ3n) is 2.63. The molecule has 20 heavy (non-hydrogen) atoms. The van der Waals surface area contributed by atoms with E-state index in [4.69, 9.17) is 9.84 Å². The second-order valence-electron chi connectivity index (χ2n) is 4.20. The fourth-order valence-electron chi connectivity index (χ4n) is 1.53. The molecular formula is C13H17FN2O4. The van der Waals surface area contributed by atoms with Crippen molar-refractivity contribution in [1.29, 1.82) is 0 Å². The third-order valence-corrected chi connectivity index (χ3v) is 2.63. The van der Waals surface area contributed by atoms with Gasteiger partial charge < -0.3 is 20.1 Å². The molecular weight excluding hydrogens is 267 g/mol. The van der Waals surface area contributed by atoms with E-state index < -0.39 is 17.8 Å². The summed E-state index contributed by atoms with van der Waals surface area (Å²) in [6, 6.07) is 3.65. The lowest BCUT2D eigenvalue weighted by Gasteiger charge is -2.17. The molecule has 1 rings (SSSR count). The number of carbonyl (C=O) groups excluding carboxylic acids is 1. The van der Waals surface area contributed by atoms with E-state index >= 15 is 0 Å². The second kappa shape index (κ2) is 7.32. The molecule has 1 aromatic carbocycles. The van der Waals surface area contributed by atoms with Crippen LogP contribution >= 0.6 is 0 Å². The first-order valence-corrected chi connectivity index (χ1v) is 6.01. The molecule has 6 nitrogen and oxygen atoms in total. The number of anilines is 1. The van der Waals surface area contributed by atoms with Gasteiger partial charge in [0.1, 0.15) is 0 Å². The molecule has 0 aromatic heterocycles. The average Bonchev–Trinajstić information content (AvgIpc) is 2.38. The van der Waals surface area contributed by atoms with Crippen LogP contribution in [0.4, 0.5) is 14.9 Å². The number of carboxylic acids is 1. The van der Waals surface area contributed by atoms with Crippen LogP contribution in [0.1, 0.15) is 12.8 Å². The first-order chi connectivity index (χ1) is 9.43. The van der Waals surface area contributed by atoms with Crippen LogP contribution in [0.3, 0.4) is 0 Å². The minimum absolute atomic E-state index is 0.00517. The lowest BCUT2D eigenvalue weighted by atomic mass is 10.3. The molecule has 0 aliphatic rings. The number of nitrogens with one attached hydrogen (secondary N) is 1. The Morgan fingerprint density at radius 1 is 1.45 bits per heavy atom. The second-order valence-corrected chi connectivity index (χ2v) is 4.20. The van der Waals surface area contributed by atoms with Crippen LogP contribution in [-0.2, 0) is 4.79 Å². The van der Waals surface area contributed by atoms with Gasteiger partial charge in [-0.3, -0.25) is 4.79 Å². The van der Waals surface area contributed by atoms with Crippen LogP contribution in [0.25, 0.3) is 0 Å². The quantitative estimate of drug-likeness (QED) is 0.839. The molecule has 0 bridgehead atoms. The van der Waals surface area contributed by atoms with Crippen molar-refractivity contribution in [3.05, 3.63) is 24.0 Å². The Bertz CT molecular complexity index is 493. The number of amides is 2. The summed E-state index contributed by atoms with van der Waals surface area (Å²) < 4.78 is 18.2. The Morgan fingerprint density at radius 2 is 2.15 bits per heavy atom. The van der Waals surface area contributed by atoms with E-state index in [1.54, 1.807) is 0 Å². The van der Waals surface area contributed by atoms with Gasteiger partial charge in [-0.25, -0.2) is 9.18 Å². The van der Waals surface area contributed by atoms with Crippen molar-refractivity contribution in [2.24, 2.45) is 0 Å². The smallest absolute Gasteiger partial charge is 0.321 e. The van der Waals surface area contributed by atoms with Gasteiger partial charge in [-0.1, -0.05) is 0 Å². The normalized spacial score (nSPS) is 9.95. The fraction of sp³-hybridized carbons (Fsp3) is 0.385. The number of urea groups is 1. The highest BCUT2D eigenvalue weighted by molar-refractivity contribution is 5.89. The van der Waals surface area contributed by atoms with Gasteiger partial charge in [-0.2, -0.15) is 0 Å². The topological polar surface area (TPSA) is 78.9 Å². The van der Waals surface area contributed by atoms with Crippen molar-refractivity contribution >= 4 is 17.7 Å². The summed E-state index contributed by atoms with van der Waals surface area (Å²) in [6.45, 7) is 0.302. The van der Waals surface area contributed by atoms with E-state index in [-0.39, 0.29) is 12.2 Å². The van der Waals surface area contributed by atoms with E-state index in [2.05, 4.69) is 5.32 Å². The molecule has 0 aliphatic heterocycles. The number of hydrogen-bond donors (Lipinski definition) is 2. The average molecular weight is 284 g/mol. The van der Waals surface area contributed by atoms with E-state index in [0.717, 1.165) is 6.07 Å². The van der Waals surface area contributed by atoms with Crippen LogP contribution in [-0.4, -0.2) is 42.7 Å². The fourth-order valence-corrected chi connectivity index (χ4v) is 1.53. The molecule has 0 heterocycles. The Kier molecular flexibility index (Phi) is 5.76. The molecule has 0 aliphatic carbocycles. The zero-order valence-electron chi connectivity index (χ0n) is 11.4. The highest BCUT2D eigenvalue weighted by Gasteiger charge is 2.11. The molecule has 0 atom stereocenters. The number of aliphatic carboxylic acids is 1. The molecule has 0 fully saturated rings. The third kappa shape index (κ3) is 4.75. The zero-order valence-corrected chi connectivity index (χ0v) is 11.4. The Hall–Kier alpha value is -2.31. The summed E-state index contributed by atoms with van der Waals surface area (Å²) in [6.07, 6.45) is 0.352. The predicted molar refractivity (Wildman–Crippen MR) is 71.5 cm³/mol. The number of carboxylic acid groups (broad SMARTS) is 1. The molecule has 0 unspecified atom stereocenters. The number of halogens is 1. The summed E-state index contributed by atoms with van der Waals surface area (Å²) in [5, 5.41) is 11.0. The minimum Gasteiger partial charge on any atom is -0.494 e. The van der Waals surface area contributed by atoms with Gasteiger partial charge in [0.15, 0.2) is 11.6 Å². The number of rotatable bonds is 6. The largest absolute Gasteiger partial charge is 0.494 e. The van der Waals surface area contributed by atoms with Crippen molar-refractivity contribution in [2.45, 2.75) is 12.8 Å². The summed E-state index contributed by atoms with van der Waals surface area (Å²) in [4.78, 5) is 23.5. The van der Waals surface area contributed by atoms with Gasteiger partial charge in [-0.05, 0) is 18.6 Å². The molecule has 2 amide bonds. The maximum absolute atomic E-state index is 13.4. The lowest BCUT2D eigenvalue weighted by molar-refractivity contribution is -0.137. The molecule has 0 saturated carbocycles. The zero-order chi connectivity index (χ0) is 15.1. The van der Waals surface area contributed by atoms with Gasteiger partial charge in [0.2, 0.25) is 0 Å². The van der Waals surface area contributed by atoms with Crippen molar-refractivity contribution in [1.82, 2.24) is 4.90 Å². The van der Waals surface area contributed by atoms with Gasteiger partial charge in [0.05, 0.1) is 7.11 Å². The van der Waals surface area contributed by atoms with E-state index in [9.17, 15) is 14.0 Å². The number of benzene rings is 1. The summed E-state index contributed by atoms with van der Waals surface area (Å²) in [5.74, 6) is -1.38. The molecule has 2 N–H and O–H groups in total. The SMILES string of the molecule is COc1ccc(NC(=O)N(C)CCCC(=O)O)cc1F. The van der Waals surface area contributed by atoms with Crippen LogP contribution in [0.2, 0.25) is 0 Å². The Balaban J connectivity index is 2.52. The maximum Gasteiger partial charge on any atom is 0.321 e. The van der Waals surface area contributed by atoms with E-state index in [1.807, 2.05) is 0 Å². The van der Waals surface area contributed by atoms with Crippen LogP contribution in [0.5, 0.6) is 5.75 Å². The number of hydrogen-bond acceptors (Lipinski definition) is 3. The molecule has 7 heteroatoms. The monoisotopic (exact) mass is 284 g/mol. The highest BCUT2D eigenvalue weighted by atomic mass is 19.1. The summed E-state index contributed by atoms with van der Waals surface area (Å²) >= 11 is 0. The van der Waals surface area contributed by atoms with Gasteiger partial charge in [-0.15, -0.1) is 0 Å². The van der Waals surface area contributed by atoms with Crippen LogP contribution in [0, 0.1) is 5.82 Å². The number of ether oxygens (including phenoxy) is 1. The van der Waals surface area contributed by atoms with Gasteiger partial charge in [0.25, 0.3) is 0 Å².